The summed E-state index contributed by atoms with van der Waals surface area (Å²) in [5, 5.41) is 12.9. The van der Waals surface area contributed by atoms with Gasteiger partial charge in [-0.2, -0.15) is 0 Å². The van der Waals surface area contributed by atoms with Crippen LogP contribution in [0.25, 0.3) is 0 Å². The molecule has 2 rings (SSSR count). The van der Waals surface area contributed by atoms with Crippen molar-refractivity contribution in [2.45, 2.75) is 40.3 Å². The van der Waals surface area contributed by atoms with Crippen LogP contribution in [0.3, 0.4) is 0 Å². The number of rotatable bonds is 8. The largest absolute Gasteiger partial charge is 0.490 e. The van der Waals surface area contributed by atoms with E-state index in [0.29, 0.717) is 29.7 Å². The van der Waals surface area contributed by atoms with Crippen molar-refractivity contribution >= 4 is 23.3 Å². The van der Waals surface area contributed by atoms with E-state index < -0.39 is 5.97 Å². The van der Waals surface area contributed by atoms with Crippen LogP contribution in [0.4, 0.5) is 5.69 Å². The van der Waals surface area contributed by atoms with Gasteiger partial charge in [-0.1, -0.05) is 17.7 Å². The summed E-state index contributed by atoms with van der Waals surface area (Å²) >= 11 is 6.38. The molecule has 0 saturated heterocycles. The first kappa shape index (κ1) is 19.9. The average molecular weight is 378 g/mol. The lowest BCUT2D eigenvalue weighted by molar-refractivity contribution is 0.0697. The molecule has 0 fully saturated rings. The van der Waals surface area contributed by atoms with E-state index in [4.69, 9.17) is 26.2 Å². The molecule has 26 heavy (non-hydrogen) atoms. The Balaban J connectivity index is 2.24. The van der Waals surface area contributed by atoms with Crippen molar-refractivity contribution < 1.29 is 19.4 Å². The van der Waals surface area contributed by atoms with Crippen molar-refractivity contribution in [2.75, 3.05) is 11.9 Å². The summed E-state index contributed by atoms with van der Waals surface area (Å²) in [5.41, 5.74) is 2.88. The molecule has 140 valence electrons. The number of aryl methyl sites for hydroxylation is 1. The Kier molecular flexibility index (Phi) is 6.75. The van der Waals surface area contributed by atoms with E-state index in [0.717, 1.165) is 16.8 Å². The summed E-state index contributed by atoms with van der Waals surface area (Å²) in [4.78, 5) is 11.1. The van der Waals surface area contributed by atoms with E-state index in [-0.39, 0.29) is 11.7 Å². The summed E-state index contributed by atoms with van der Waals surface area (Å²) in [6.07, 6.45) is -0.0166. The Labute approximate surface area is 158 Å². The molecule has 0 spiro atoms. The molecule has 0 unspecified atom stereocenters. The molecule has 6 heteroatoms. The number of hydrogen-bond acceptors (Lipinski definition) is 4. The van der Waals surface area contributed by atoms with Gasteiger partial charge in [0.05, 0.1) is 23.3 Å². The number of carbonyl (C=O) groups is 1. The highest BCUT2D eigenvalue weighted by atomic mass is 35.5. The number of hydrogen-bond donors (Lipinski definition) is 2. The Hall–Kier alpha value is -2.40. The summed E-state index contributed by atoms with van der Waals surface area (Å²) < 4.78 is 11.4. The molecule has 0 aliphatic rings. The van der Waals surface area contributed by atoms with Crippen LogP contribution in [-0.4, -0.2) is 23.8 Å². The van der Waals surface area contributed by atoms with Crippen LogP contribution in [0.1, 0.15) is 42.3 Å². The number of benzene rings is 2. The fourth-order valence-corrected chi connectivity index (χ4v) is 2.76. The first-order valence-electron chi connectivity index (χ1n) is 8.51. The highest BCUT2D eigenvalue weighted by molar-refractivity contribution is 6.32. The summed E-state index contributed by atoms with van der Waals surface area (Å²) in [5.74, 6) is 0.183. The maximum atomic E-state index is 11.1. The van der Waals surface area contributed by atoms with Crippen molar-refractivity contribution in [1.29, 1.82) is 0 Å². The van der Waals surface area contributed by atoms with Gasteiger partial charge >= 0.3 is 5.97 Å². The molecule has 0 aliphatic carbocycles. The van der Waals surface area contributed by atoms with Crippen molar-refractivity contribution in [3.8, 4) is 11.5 Å². The third-order valence-electron chi connectivity index (χ3n) is 3.69. The smallest absolute Gasteiger partial charge is 0.335 e. The Morgan fingerprint density at radius 1 is 1.27 bits per heavy atom. The molecule has 2 N–H and O–H groups in total. The van der Waals surface area contributed by atoms with Crippen molar-refractivity contribution in [2.24, 2.45) is 0 Å². The second kappa shape index (κ2) is 8.81. The van der Waals surface area contributed by atoms with Crippen molar-refractivity contribution in [1.82, 2.24) is 0 Å². The van der Waals surface area contributed by atoms with Gasteiger partial charge < -0.3 is 19.9 Å². The van der Waals surface area contributed by atoms with E-state index in [1.54, 1.807) is 18.2 Å². The van der Waals surface area contributed by atoms with Crippen LogP contribution in [-0.2, 0) is 6.54 Å². The molecule has 2 aromatic rings. The molecule has 5 nitrogen and oxygen atoms in total. The highest BCUT2D eigenvalue weighted by Crippen LogP contribution is 2.37. The molecule has 0 radical (unpaired) electrons. The minimum Gasteiger partial charge on any atom is -0.490 e. The first-order chi connectivity index (χ1) is 12.3. The number of carboxylic acid groups (broad SMARTS) is 1. The van der Waals surface area contributed by atoms with Crippen molar-refractivity contribution in [3.05, 3.63) is 52.0 Å². The predicted octanol–water partition coefficient (Wildman–Crippen LogP) is 5.14. The second-order valence-corrected chi connectivity index (χ2v) is 6.60. The van der Waals surface area contributed by atoms with Gasteiger partial charge in [-0.25, -0.2) is 4.79 Å². The molecule has 0 atom stereocenters. The third-order valence-corrected chi connectivity index (χ3v) is 3.97. The van der Waals surface area contributed by atoms with E-state index >= 15 is 0 Å². The molecule has 0 saturated carbocycles. The third kappa shape index (κ3) is 5.05. The number of halogens is 1. The second-order valence-electron chi connectivity index (χ2n) is 6.19. The predicted molar refractivity (Wildman–Crippen MR) is 104 cm³/mol. The molecule has 0 aliphatic heterocycles. The standard InChI is InChI=1S/C20H24ClNO4/c1-5-25-18-9-14(8-16(21)19(18)26-12(2)3)11-22-17-10-15(20(23)24)7-6-13(17)4/h6-10,12,22H,5,11H2,1-4H3,(H,23,24). The summed E-state index contributed by atoms with van der Waals surface area (Å²) in [6.45, 7) is 8.66. The van der Waals surface area contributed by atoms with E-state index in [9.17, 15) is 4.79 Å². The Morgan fingerprint density at radius 2 is 2.00 bits per heavy atom. The SMILES string of the molecule is CCOc1cc(CNc2cc(C(=O)O)ccc2C)cc(Cl)c1OC(C)C. The Bertz CT molecular complexity index is 790. The molecule has 0 heterocycles. The highest BCUT2D eigenvalue weighted by Gasteiger charge is 2.14. The van der Waals surface area contributed by atoms with E-state index in [2.05, 4.69) is 5.32 Å². The molecular formula is C20H24ClNO4. The number of anilines is 1. The van der Waals surface area contributed by atoms with Crippen LogP contribution in [0, 0.1) is 6.92 Å². The quantitative estimate of drug-likeness (QED) is 0.666. The minimum atomic E-state index is -0.954. The van der Waals surface area contributed by atoms with Gasteiger partial charge in [0.25, 0.3) is 0 Å². The zero-order chi connectivity index (χ0) is 19.3. The first-order valence-corrected chi connectivity index (χ1v) is 8.89. The number of carboxylic acids is 1. The monoisotopic (exact) mass is 377 g/mol. The lowest BCUT2D eigenvalue weighted by Crippen LogP contribution is -2.09. The molecule has 0 aromatic heterocycles. The maximum absolute atomic E-state index is 11.1. The van der Waals surface area contributed by atoms with Gasteiger partial charge in [0.2, 0.25) is 0 Å². The normalized spacial score (nSPS) is 10.7. The van der Waals surface area contributed by atoms with Crippen LogP contribution in [0.2, 0.25) is 5.02 Å². The number of ether oxygens (including phenoxy) is 2. The summed E-state index contributed by atoms with van der Waals surface area (Å²) in [6, 6.07) is 8.70. The topological polar surface area (TPSA) is 67.8 Å². The molecular weight excluding hydrogens is 354 g/mol. The lowest BCUT2D eigenvalue weighted by Gasteiger charge is -2.18. The van der Waals surface area contributed by atoms with Crippen LogP contribution < -0.4 is 14.8 Å². The average Bonchev–Trinajstić information content (AvgIpc) is 2.57. The van der Waals surface area contributed by atoms with Crippen LogP contribution in [0.5, 0.6) is 11.5 Å². The summed E-state index contributed by atoms with van der Waals surface area (Å²) in [7, 11) is 0. The van der Waals surface area contributed by atoms with Gasteiger partial charge in [0.15, 0.2) is 11.5 Å². The zero-order valence-electron chi connectivity index (χ0n) is 15.4. The number of aromatic carboxylic acids is 1. The van der Waals surface area contributed by atoms with E-state index in [1.165, 1.54) is 0 Å². The van der Waals surface area contributed by atoms with Crippen molar-refractivity contribution in [3.63, 3.8) is 0 Å². The zero-order valence-corrected chi connectivity index (χ0v) is 16.2. The van der Waals surface area contributed by atoms with Gasteiger partial charge in [0.1, 0.15) is 0 Å². The Morgan fingerprint density at radius 3 is 2.62 bits per heavy atom. The van der Waals surface area contributed by atoms with Gasteiger partial charge in [-0.15, -0.1) is 0 Å². The molecule has 2 aromatic carbocycles. The molecule has 0 amide bonds. The minimum absolute atomic E-state index is 0.0166. The molecule has 0 bridgehead atoms. The number of nitrogens with one attached hydrogen (secondary N) is 1. The van der Waals surface area contributed by atoms with Gasteiger partial charge in [-0.05, 0) is 63.1 Å². The fraction of sp³-hybridized carbons (Fsp3) is 0.350. The van der Waals surface area contributed by atoms with Gasteiger partial charge in [0, 0.05) is 12.2 Å². The van der Waals surface area contributed by atoms with Gasteiger partial charge in [-0.3, -0.25) is 0 Å². The van der Waals surface area contributed by atoms with Crippen LogP contribution >= 0.6 is 11.6 Å². The van der Waals surface area contributed by atoms with Crippen LogP contribution in [0.15, 0.2) is 30.3 Å². The fourth-order valence-electron chi connectivity index (χ4n) is 2.48. The lowest BCUT2D eigenvalue weighted by atomic mass is 10.1. The van der Waals surface area contributed by atoms with E-state index in [1.807, 2.05) is 39.8 Å². The maximum Gasteiger partial charge on any atom is 0.335 e.